The second-order valence-corrected chi connectivity index (χ2v) is 7.31. The van der Waals surface area contributed by atoms with Crippen LogP contribution >= 0.6 is 0 Å². The molecule has 128 valence electrons. The first-order chi connectivity index (χ1) is 11.3. The summed E-state index contributed by atoms with van der Waals surface area (Å²) in [6.07, 6.45) is 4.80. The van der Waals surface area contributed by atoms with Crippen molar-refractivity contribution < 1.29 is 4.39 Å². The molecular weight excluding hydrogens is 307 g/mol. The highest BCUT2D eigenvalue weighted by Crippen LogP contribution is 2.30. The fourth-order valence-electron chi connectivity index (χ4n) is 2.90. The lowest BCUT2D eigenvalue weighted by Gasteiger charge is -2.45. The van der Waals surface area contributed by atoms with Crippen molar-refractivity contribution in [1.82, 2.24) is 19.9 Å². The highest BCUT2D eigenvalue weighted by molar-refractivity contribution is 5.52. The van der Waals surface area contributed by atoms with Gasteiger partial charge in [0.25, 0.3) is 0 Å². The number of nitrogens with zero attached hydrogens (tertiary/aromatic N) is 6. The molecule has 2 aromatic rings. The predicted molar refractivity (Wildman–Crippen MR) is 91.9 cm³/mol. The maximum atomic E-state index is 14.8. The molecule has 0 saturated carbocycles. The quantitative estimate of drug-likeness (QED) is 0.861. The molecule has 0 atom stereocenters. The summed E-state index contributed by atoms with van der Waals surface area (Å²) in [7, 11) is 1.88. The van der Waals surface area contributed by atoms with Crippen LogP contribution in [0.2, 0.25) is 0 Å². The number of anilines is 2. The maximum absolute atomic E-state index is 14.8. The average molecular weight is 330 g/mol. The number of rotatable bonds is 3. The zero-order chi connectivity index (χ0) is 17.5. The van der Waals surface area contributed by atoms with E-state index in [1.165, 1.54) is 6.33 Å². The Morgan fingerprint density at radius 1 is 1.17 bits per heavy atom. The van der Waals surface area contributed by atoms with E-state index < -0.39 is 0 Å². The Balaban J connectivity index is 1.76. The molecule has 6 nitrogen and oxygen atoms in total. The minimum absolute atomic E-state index is 0.191. The molecule has 0 aliphatic carbocycles. The topological polar surface area (TPSA) is 58.0 Å². The normalized spacial score (nSPS) is 15.3. The summed E-state index contributed by atoms with van der Waals surface area (Å²) in [5.74, 6) is 0.969. The van der Waals surface area contributed by atoms with E-state index >= 15 is 0 Å². The minimum Gasteiger partial charge on any atom is -0.352 e. The Hall–Kier alpha value is -2.31. The van der Waals surface area contributed by atoms with Gasteiger partial charge in [-0.15, -0.1) is 0 Å². The average Bonchev–Trinajstić information content (AvgIpc) is 2.46. The van der Waals surface area contributed by atoms with Gasteiger partial charge in [-0.3, -0.25) is 0 Å². The molecule has 7 heteroatoms. The first-order valence-corrected chi connectivity index (χ1v) is 8.04. The van der Waals surface area contributed by atoms with E-state index in [9.17, 15) is 4.39 Å². The molecule has 0 aromatic carbocycles. The molecular formula is C17H23FN6. The molecule has 0 bridgehead atoms. The molecule has 0 spiro atoms. The second-order valence-electron chi connectivity index (χ2n) is 7.31. The van der Waals surface area contributed by atoms with Crippen molar-refractivity contribution in [2.24, 2.45) is 0 Å². The van der Waals surface area contributed by atoms with Crippen LogP contribution in [-0.4, -0.2) is 46.1 Å². The molecule has 2 aromatic heterocycles. The second kappa shape index (κ2) is 5.96. The van der Waals surface area contributed by atoms with E-state index in [4.69, 9.17) is 0 Å². The molecule has 0 N–H and O–H groups in total. The van der Waals surface area contributed by atoms with Gasteiger partial charge in [-0.25, -0.2) is 24.3 Å². The summed E-state index contributed by atoms with van der Waals surface area (Å²) >= 11 is 0. The van der Waals surface area contributed by atoms with Crippen molar-refractivity contribution in [1.29, 1.82) is 0 Å². The Bertz CT molecular complexity index is 736. The van der Waals surface area contributed by atoms with E-state index in [-0.39, 0.29) is 17.3 Å². The van der Waals surface area contributed by atoms with Gasteiger partial charge >= 0.3 is 0 Å². The highest BCUT2D eigenvalue weighted by atomic mass is 19.1. The zero-order valence-corrected chi connectivity index (χ0v) is 14.8. The predicted octanol–water partition coefficient (Wildman–Crippen LogP) is 2.34. The van der Waals surface area contributed by atoms with E-state index in [1.807, 2.05) is 39.6 Å². The number of aromatic nitrogens is 4. The Morgan fingerprint density at radius 2 is 1.88 bits per heavy atom. The number of hydrogen-bond donors (Lipinski definition) is 0. The first-order valence-electron chi connectivity index (χ1n) is 8.04. The summed E-state index contributed by atoms with van der Waals surface area (Å²) < 4.78 is 14.8. The van der Waals surface area contributed by atoms with Crippen LogP contribution in [-0.2, 0) is 5.41 Å². The summed E-state index contributed by atoms with van der Waals surface area (Å²) in [4.78, 5) is 20.7. The Kier molecular flexibility index (Phi) is 4.11. The fourth-order valence-corrected chi connectivity index (χ4v) is 2.90. The van der Waals surface area contributed by atoms with Crippen molar-refractivity contribution in [2.75, 3.05) is 29.9 Å². The van der Waals surface area contributed by atoms with E-state index in [0.717, 1.165) is 24.5 Å². The third-order valence-corrected chi connectivity index (χ3v) is 4.39. The standard InChI is InChI=1S/C17H23FN6/c1-11-6-19-9-21-15(11)24-7-12(8-24)23(5)16-13(18)14(17(2,3)4)20-10-22-16/h6,9-10,12H,7-8H2,1-5H3. The third kappa shape index (κ3) is 2.90. The van der Waals surface area contributed by atoms with Gasteiger partial charge in [0.05, 0.1) is 11.7 Å². The van der Waals surface area contributed by atoms with Crippen LogP contribution < -0.4 is 9.80 Å². The SMILES string of the molecule is Cc1cncnc1N1CC(N(C)c2ncnc(C(C)(C)C)c2F)C1. The van der Waals surface area contributed by atoms with Gasteiger partial charge in [0.1, 0.15) is 18.5 Å². The largest absolute Gasteiger partial charge is 0.352 e. The summed E-state index contributed by atoms with van der Waals surface area (Å²) in [6.45, 7) is 9.40. The molecule has 1 saturated heterocycles. The molecule has 3 heterocycles. The monoisotopic (exact) mass is 330 g/mol. The summed E-state index contributed by atoms with van der Waals surface area (Å²) in [5, 5.41) is 0. The van der Waals surface area contributed by atoms with Gasteiger partial charge in [0, 0.05) is 37.3 Å². The van der Waals surface area contributed by atoms with Crippen molar-refractivity contribution >= 4 is 11.6 Å². The van der Waals surface area contributed by atoms with Crippen molar-refractivity contribution in [2.45, 2.75) is 39.2 Å². The molecule has 0 unspecified atom stereocenters. The lowest BCUT2D eigenvalue weighted by atomic mass is 9.91. The lowest BCUT2D eigenvalue weighted by molar-refractivity contribution is 0.464. The number of likely N-dealkylation sites (N-methyl/N-ethyl adjacent to an activating group) is 1. The lowest BCUT2D eigenvalue weighted by Crippen LogP contribution is -2.59. The Labute approximate surface area is 141 Å². The summed E-state index contributed by atoms with van der Waals surface area (Å²) in [6, 6.07) is 0.191. The number of aryl methyl sites for hydroxylation is 1. The van der Waals surface area contributed by atoms with Gasteiger partial charge in [-0.2, -0.15) is 0 Å². The third-order valence-electron chi connectivity index (χ3n) is 4.39. The van der Waals surface area contributed by atoms with Gasteiger partial charge in [-0.1, -0.05) is 20.8 Å². The van der Waals surface area contributed by atoms with Crippen molar-refractivity contribution in [3.05, 3.63) is 35.9 Å². The zero-order valence-electron chi connectivity index (χ0n) is 14.8. The molecule has 0 amide bonds. The van der Waals surface area contributed by atoms with E-state index in [1.54, 1.807) is 12.5 Å². The number of halogens is 1. The minimum atomic E-state index is -0.355. The first kappa shape index (κ1) is 16.5. The highest BCUT2D eigenvalue weighted by Gasteiger charge is 2.34. The van der Waals surface area contributed by atoms with Crippen LogP contribution in [0.3, 0.4) is 0 Å². The van der Waals surface area contributed by atoms with Crippen LogP contribution in [0.4, 0.5) is 16.0 Å². The van der Waals surface area contributed by atoms with Crippen LogP contribution in [0.15, 0.2) is 18.9 Å². The van der Waals surface area contributed by atoms with Crippen LogP contribution in [0.1, 0.15) is 32.0 Å². The van der Waals surface area contributed by atoms with Gasteiger partial charge in [0.2, 0.25) is 0 Å². The smallest absolute Gasteiger partial charge is 0.187 e. The number of hydrogen-bond acceptors (Lipinski definition) is 6. The van der Waals surface area contributed by atoms with Crippen LogP contribution in [0, 0.1) is 12.7 Å². The van der Waals surface area contributed by atoms with E-state index in [2.05, 4.69) is 24.8 Å². The molecule has 0 radical (unpaired) electrons. The van der Waals surface area contributed by atoms with Gasteiger partial charge in [0.15, 0.2) is 11.6 Å². The van der Waals surface area contributed by atoms with Crippen LogP contribution in [0.25, 0.3) is 0 Å². The molecule has 1 aliphatic heterocycles. The summed E-state index contributed by atoms with van der Waals surface area (Å²) in [5.41, 5.74) is 1.13. The van der Waals surface area contributed by atoms with E-state index in [0.29, 0.717) is 11.5 Å². The molecule has 24 heavy (non-hydrogen) atoms. The maximum Gasteiger partial charge on any atom is 0.187 e. The van der Waals surface area contributed by atoms with Gasteiger partial charge in [-0.05, 0) is 6.92 Å². The van der Waals surface area contributed by atoms with Crippen LogP contribution in [0.5, 0.6) is 0 Å². The van der Waals surface area contributed by atoms with Crippen molar-refractivity contribution in [3.8, 4) is 0 Å². The van der Waals surface area contributed by atoms with Crippen molar-refractivity contribution in [3.63, 3.8) is 0 Å². The molecule has 1 fully saturated rings. The Morgan fingerprint density at radius 3 is 2.50 bits per heavy atom. The molecule has 3 rings (SSSR count). The molecule has 1 aliphatic rings. The van der Waals surface area contributed by atoms with Gasteiger partial charge < -0.3 is 9.80 Å². The fraction of sp³-hybridized carbons (Fsp3) is 0.529.